The fourth-order valence-electron chi connectivity index (χ4n) is 2.87. The Labute approximate surface area is 194 Å². The molecule has 0 aliphatic rings. The number of halogens is 3. The van der Waals surface area contributed by atoms with Crippen molar-refractivity contribution in [2.45, 2.75) is 18.1 Å². The maximum absolute atomic E-state index is 12.7. The molecule has 33 heavy (non-hydrogen) atoms. The van der Waals surface area contributed by atoms with Crippen molar-refractivity contribution in [3.63, 3.8) is 0 Å². The lowest BCUT2D eigenvalue weighted by molar-refractivity contribution is -0.0512. The van der Waals surface area contributed by atoms with Gasteiger partial charge in [0.15, 0.2) is 11.5 Å². The van der Waals surface area contributed by atoms with Crippen LogP contribution < -0.4 is 19.5 Å². The highest BCUT2D eigenvalue weighted by Crippen LogP contribution is 2.29. The first-order valence-electron chi connectivity index (χ1n) is 9.46. The van der Waals surface area contributed by atoms with Crippen molar-refractivity contribution in [1.29, 1.82) is 0 Å². The van der Waals surface area contributed by atoms with Crippen LogP contribution in [0, 0.1) is 0 Å². The molecule has 3 rings (SSSR count). The number of amides is 1. The standard InChI is InChI=1S/C22H19ClF2N2O5S/c1-31-19-9-8-14(10-20(19)32-22(24)25)13-26-21(28)15-4-2-7-18(11-15)33(29,30)27-17-6-3-5-16(23)12-17/h2-12,22,27H,13H2,1H3,(H,26,28). The number of sulfonamides is 1. The van der Waals surface area contributed by atoms with E-state index in [2.05, 4.69) is 14.8 Å². The van der Waals surface area contributed by atoms with Gasteiger partial charge in [0.2, 0.25) is 0 Å². The molecule has 174 valence electrons. The molecule has 3 aromatic rings. The maximum Gasteiger partial charge on any atom is 0.387 e. The zero-order valence-electron chi connectivity index (χ0n) is 17.2. The second-order valence-corrected chi connectivity index (χ2v) is 8.81. The van der Waals surface area contributed by atoms with Crippen LogP contribution in [0.15, 0.2) is 71.6 Å². The molecule has 0 saturated carbocycles. The van der Waals surface area contributed by atoms with Crippen LogP contribution in [-0.2, 0) is 16.6 Å². The Balaban J connectivity index is 1.72. The molecule has 0 aliphatic carbocycles. The van der Waals surface area contributed by atoms with Crippen LogP contribution in [0.5, 0.6) is 11.5 Å². The Morgan fingerprint density at radius 1 is 1.03 bits per heavy atom. The summed E-state index contributed by atoms with van der Waals surface area (Å²) in [4.78, 5) is 12.4. The molecular weight excluding hydrogens is 478 g/mol. The molecule has 0 spiro atoms. The van der Waals surface area contributed by atoms with Gasteiger partial charge in [-0.25, -0.2) is 8.42 Å². The van der Waals surface area contributed by atoms with Crippen molar-refractivity contribution in [3.8, 4) is 11.5 Å². The molecule has 0 atom stereocenters. The van der Waals surface area contributed by atoms with Crippen LogP contribution in [0.2, 0.25) is 5.02 Å². The smallest absolute Gasteiger partial charge is 0.387 e. The fraction of sp³-hybridized carbons (Fsp3) is 0.136. The highest BCUT2D eigenvalue weighted by molar-refractivity contribution is 7.92. The molecular formula is C22H19ClF2N2O5S. The summed E-state index contributed by atoms with van der Waals surface area (Å²) in [7, 11) is -2.65. The predicted octanol–water partition coefficient (Wildman–Crippen LogP) is 4.68. The zero-order valence-corrected chi connectivity index (χ0v) is 18.8. The van der Waals surface area contributed by atoms with Crippen molar-refractivity contribution in [1.82, 2.24) is 5.32 Å². The molecule has 0 bridgehead atoms. The van der Waals surface area contributed by atoms with Gasteiger partial charge in [-0.2, -0.15) is 8.78 Å². The highest BCUT2D eigenvalue weighted by Gasteiger charge is 2.17. The summed E-state index contributed by atoms with van der Waals surface area (Å²) < 4.78 is 62.3. The molecule has 0 heterocycles. The highest BCUT2D eigenvalue weighted by atomic mass is 35.5. The van der Waals surface area contributed by atoms with Crippen molar-refractivity contribution in [3.05, 3.63) is 82.9 Å². The molecule has 0 saturated heterocycles. The number of alkyl halides is 2. The van der Waals surface area contributed by atoms with Gasteiger partial charge in [0.1, 0.15) is 0 Å². The molecule has 3 aromatic carbocycles. The summed E-state index contributed by atoms with van der Waals surface area (Å²) in [5, 5.41) is 2.98. The van der Waals surface area contributed by atoms with Crippen LogP contribution in [0.4, 0.5) is 14.5 Å². The van der Waals surface area contributed by atoms with Crippen LogP contribution in [0.1, 0.15) is 15.9 Å². The number of anilines is 1. The molecule has 0 unspecified atom stereocenters. The van der Waals surface area contributed by atoms with E-state index in [4.69, 9.17) is 16.3 Å². The summed E-state index contributed by atoms with van der Waals surface area (Å²) in [6, 6.07) is 16.0. The van der Waals surface area contributed by atoms with Crippen molar-refractivity contribution in [2.24, 2.45) is 0 Å². The third-order valence-corrected chi connectivity index (χ3v) is 5.99. The van der Waals surface area contributed by atoms with Crippen LogP contribution in [-0.4, -0.2) is 28.0 Å². The second-order valence-electron chi connectivity index (χ2n) is 6.69. The van der Waals surface area contributed by atoms with E-state index in [1.54, 1.807) is 24.3 Å². The average molecular weight is 497 g/mol. The first-order valence-corrected chi connectivity index (χ1v) is 11.3. The number of methoxy groups -OCH3 is 1. The lowest BCUT2D eigenvalue weighted by Crippen LogP contribution is -2.23. The lowest BCUT2D eigenvalue weighted by atomic mass is 10.1. The number of hydrogen-bond acceptors (Lipinski definition) is 5. The van der Waals surface area contributed by atoms with E-state index in [0.717, 1.165) is 0 Å². The van der Waals surface area contributed by atoms with Crippen molar-refractivity contribution < 1.29 is 31.5 Å². The van der Waals surface area contributed by atoms with E-state index < -0.39 is 22.5 Å². The molecule has 2 N–H and O–H groups in total. The van der Waals surface area contributed by atoms with Crippen molar-refractivity contribution >= 4 is 33.2 Å². The number of rotatable bonds is 9. The van der Waals surface area contributed by atoms with Gasteiger partial charge in [-0.05, 0) is 54.1 Å². The van der Waals surface area contributed by atoms with E-state index >= 15 is 0 Å². The monoisotopic (exact) mass is 496 g/mol. The number of ether oxygens (including phenoxy) is 2. The van der Waals surface area contributed by atoms with E-state index in [-0.39, 0.29) is 34.2 Å². The zero-order chi connectivity index (χ0) is 24.0. The minimum atomic E-state index is -3.97. The Morgan fingerprint density at radius 2 is 1.79 bits per heavy atom. The Bertz CT molecular complexity index is 1260. The topological polar surface area (TPSA) is 93.7 Å². The number of hydrogen-bond donors (Lipinski definition) is 2. The number of nitrogens with one attached hydrogen (secondary N) is 2. The number of benzene rings is 3. The predicted molar refractivity (Wildman–Crippen MR) is 119 cm³/mol. The van der Waals surface area contributed by atoms with E-state index in [0.29, 0.717) is 10.6 Å². The Morgan fingerprint density at radius 3 is 2.48 bits per heavy atom. The number of carbonyl (C=O) groups is 1. The van der Waals surface area contributed by atoms with E-state index in [1.807, 2.05) is 0 Å². The van der Waals surface area contributed by atoms with Crippen LogP contribution in [0.25, 0.3) is 0 Å². The number of carbonyl (C=O) groups excluding carboxylic acids is 1. The maximum atomic E-state index is 12.7. The van der Waals surface area contributed by atoms with Gasteiger partial charge in [0.25, 0.3) is 15.9 Å². The summed E-state index contributed by atoms with van der Waals surface area (Å²) in [5.41, 5.74) is 0.853. The summed E-state index contributed by atoms with van der Waals surface area (Å²) in [5.74, 6) is -0.600. The van der Waals surface area contributed by atoms with Gasteiger partial charge >= 0.3 is 6.61 Å². The molecule has 0 fully saturated rings. The minimum Gasteiger partial charge on any atom is -0.493 e. The molecule has 1 amide bonds. The third-order valence-electron chi connectivity index (χ3n) is 4.38. The summed E-state index contributed by atoms with van der Waals surface area (Å²) in [6.45, 7) is -3.05. The van der Waals surface area contributed by atoms with E-state index in [1.165, 1.54) is 49.6 Å². The molecule has 0 aromatic heterocycles. The molecule has 7 nitrogen and oxygen atoms in total. The van der Waals surface area contributed by atoms with Gasteiger partial charge in [-0.1, -0.05) is 29.8 Å². The van der Waals surface area contributed by atoms with Gasteiger partial charge in [0, 0.05) is 17.1 Å². The van der Waals surface area contributed by atoms with E-state index in [9.17, 15) is 22.0 Å². The van der Waals surface area contributed by atoms with Crippen LogP contribution >= 0.6 is 11.6 Å². The average Bonchev–Trinajstić information content (AvgIpc) is 2.77. The van der Waals surface area contributed by atoms with Crippen molar-refractivity contribution in [2.75, 3.05) is 11.8 Å². The lowest BCUT2D eigenvalue weighted by Gasteiger charge is -2.12. The first kappa shape index (κ1) is 24.3. The largest absolute Gasteiger partial charge is 0.493 e. The molecule has 0 aliphatic heterocycles. The summed E-state index contributed by atoms with van der Waals surface area (Å²) >= 11 is 5.88. The quantitative estimate of drug-likeness (QED) is 0.448. The van der Waals surface area contributed by atoms with Crippen LogP contribution in [0.3, 0.4) is 0 Å². The SMILES string of the molecule is COc1ccc(CNC(=O)c2cccc(S(=O)(=O)Nc3cccc(Cl)c3)c2)cc1OC(F)F. The normalized spacial score (nSPS) is 11.2. The van der Waals surface area contributed by atoms with Gasteiger partial charge in [-0.3, -0.25) is 9.52 Å². The molecule has 0 radical (unpaired) electrons. The minimum absolute atomic E-state index is 0.0137. The van der Waals surface area contributed by atoms with Gasteiger partial charge < -0.3 is 14.8 Å². The van der Waals surface area contributed by atoms with Gasteiger partial charge in [-0.15, -0.1) is 0 Å². The second kappa shape index (κ2) is 10.5. The Kier molecular flexibility index (Phi) is 7.72. The fourth-order valence-corrected chi connectivity index (χ4v) is 4.16. The summed E-state index contributed by atoms with van der Waals surface area (Å²) in [6.07, 6.45) is 0. The Hall–Kier alpha value is -3.37. The first-order chi connectivity index (χ1) is 15.7. The molecule has 11 heteroatoms. The van der Waals surface area contributed by atoms with Gasteiger partial charge in [0.05, 0.1) is 17.7 Å². The third kappa shape index (κ3) is 6.56.